The van der Waals surface area contributed by atoms with Crippen LogP contribution in [0.4, 0.5) is 39.5 Å². The van der Waals surface area contributed by atoms with E-state index >= 15 is 0 Å². The Hall–Kier alpha value is -0.710. The molecule has 0 spiro atoms. The molecular formula is C10H12F9NO. The maximum absolute atomic E-state index is 13.4. The quantitative estimate of drug-likeness (QED) is 0.800. The lowest BCUT2D eigenvalue weighted by molar-refractivity contribution is -0.407. The summed E-state index contributed by atoms with van der Waals surface area (Å²) in [5.41, 5.74) is 0. The highest BCUT2D eigenvalue weighted by Crippen LogP contribution is 2.54. The molecule has 1 saturated heterocycles. The highest BCUT2D eigenvalue weighted by atomic mass is 19.4. The van der Waals surface area contributed by atoms with Gasteiger partial charge in [0.15, 0.2) is 0 Å². The van der Waals surface area contributed by atoms with E-state index in [4.69, 9.17) is 0 Å². The molecule has 0 bridgehead atoms. The molecule has 1 N–H and O–H groups in total. The molecule has 126 valence electrons. The molecule has 0 radical (unpaired) electrons. The van der Waals surface area contributed by atoms with Crippen LogP contribution in [0.1, 0.15) is 12.8 Å². The van der Waals surface area contributed by atoms with Crippen molar-refractivity contribution in [2.45, 2.75) is 48.9 Å². The first-order valence-electron chi connectivity index (χ1n) is 5.76. The fraction of sp³-hybridized carbons (Fsp3) is 1.00. The van der Waals surface area contributed by atoms with Crippen LogP contribution in [0.3, 0.4) is 0 Å². The molecule has 1 aliphatic heterocycles. The lowest BCUT2D eigenvalue weighted by atomic mass is 9.93. The molecule has 0 aromatic heterocycles. The number of hydrogen-bond acceptors (Lipinski definition) is 2. The van der Waals surface area contributed by atoms with Crippen LogP contribution in [0.2, 0.25) is 0 Å². The van der Waals surface area contributed by atoms with Crippen LogP contribution in [0.25, 0.3) is 0 Å². The number of aliphatic hydroxyl groups is 1. The normalized spacial score (nSPS) is 24.4. The molecule has 0 aromatic rings. The Morgan fingerprint density at radius 3 is 1.76 bits per heavy atom. The van der Waals surface area contributed by atoms with Crippen LogP contribution in [0.15, 0.2) is 0 Å². The Balaban J connectivity index is 3.15. The summed E-state index contributed by atoms with van der Waals surface area (Å²) in [7, 11) is 1.16. The largest absolute Gasteiger partial charge is 0.460 e. The van der Waals surface area contributed by atoms with Gasteiger partial charge in [0, 0.05) is 6.04 Å². The van der Waals surface area contributed by atoms with Crippen molar-refractivity contribution in [3.05, 3.63) is 0 Å². The summed E-state index contributed by atoms with van der Waals surface area (Å²) in [4.78, 5) is 1.00. The maximum atomic E-state index is 13.4. The fourth-order valence-corrected chi connectivity index (χ4v) is 2.15. The van der Waals surface area contributed by atoms with Crippen LogP contribution < -0.4 is 0 Å². The summed E-state index contributed by atoms with van der Waals surface area (Å²) in [5.74, 6) is -19.7. The number of nitrogens with zero attached hydrogens (tertiary/aromatic N) is 1. The lowest BCUT2D eigenvalue weighted by Gasteiger charge is -2.38. The Morgan fingerprint density at radius 2 is 1.43 bits per heavy atom. The Labute approximate surface area is 113 Å². The molecule has 21 heavy (non-hydrogen) atoms. The van der Waals surface area contributed by atoms with Gasteiger partial charge in [0.2, 0.25) is 0 Å². The van der Waals surface area contributed by atoms with Gasteiger partial charge in [0.25, 0.3) is 0 Å². The van der Waals surface area contributed by atoms with Crippen LogP contribution in [-0.2, 0) is 0 Å². The van der Waals surface area contributed by atoms with Gasteiger partial charge < -0.3 is 10.0 Å². The Bertz CT molecular complexity index is 381. The highest BCUT2D eigenvalue weighted by Gasteiger charge is 2.83. The van der Waals surface area contributed by atoms with E-state index in [1.54, 1.807) is 0 Å². The summed E-state index contributed by atoms with van der Waals surface area (Å²) >= 11 is 0. The highest BCUT2D eigenvalue weighted by molar-refractivity contribution is 5.06. The molecule has 2 nitrogen and oxygen atoms in total. The number of alkyl halides is 9. The molecule has 1 rings (SSSR count). The number of halogens is 9. The third-order valence-corrected chi connectivity index (χ3v) is 3.48. The second-order valence-electron chi connectivity index (χ2n) is 4.90. The SMILES string of the molecule is CN1CCC[C@H]1C(O)C(F)(F)C(F)(F)C(F)(F)C(F)(F)F. The molecule has 0 saturated carbocycles. The summed E-state index contributed by atoms with van der Waals surface area (Å²) in [6.45, 7) is 0.124. The van der Waals surface area contributed by atoms with Gasteiger partial charge in [-0.1, -0.05) is 0 Å². The van der Waals surface area contributed by atoms with Gasteiger partial charge >= 0.3 is 23.9 Å². The lowest BCUT2D eigenvalue weighted by Crippen LogP contribution is -2.66. The average molecular weight is 333 g/mol. The van der Waals surface area contributed by atoms with E-state index in [1.165, 1.54) is 0 Å². The molecular weight excluding hydrogens is 321 g/mol. The van der Waals surface area contributed by atoms with Crippen LogP contribution in [0.5, 0.6) is 0 Å². The van der Waals surface area contributed by atoms with Crippen molar-refractivity contribution in [3.63, 3.8) is 0 Å². The van der Waals surface area contributed by atoms with Crippen molar-refractivity contribution >= 4 is 0 Å². The number of likely N-dealkylation sites (tertiary alicyclic amines) is 1. The zero-order valence-corrected chi connectivity index (χ0v) is 10.6. The smallest absolute Gasteiger partial charge is 0.385 e. The predicted molar refractivity (Wildman–Crippen MR) is 52.6 cm³/mol. The molecule has 0 aromatic carbocycles. The van der Waals surface area contributed by atoms with Crippen LogP contribution in [0, 0.1) is 0 Å². The molecule has 0 amide bonds. The standard InChI is InChI=1S/C10H12F9NO/c1-20-4-2-3-5(20)6(21)7(11,12)8(13,14)9(15,16)10(17,18)19/h5-6,21H,2-4H2,1H3/t5-,6?/m0/s1. The van der Waals surface area contributed by atoms with Crippen molar-refractivity contribution in [3.8, 4) is 0 Å². The third-order valence-electron chi connectivity index (χ3n) is 3.48. The van der Waals surface area contributed by atoms with E-state index in [9.17, 15) is 44.6 Å². The van der Waals surface area contributed by atoms with Gasteiger partial charge in [-0.05, 0) is 26.4 Å². The van der Waals surface area contributed by atoms with Crippen LogP contribution in [-0.4, -0.2) is 59.7 Å². The monoisotopic (exact) mass is 333 g/mol. The molecule has 1 aliphatic rings. The average Bonchev–Trinajstić information content (AvgIpc) is 2.72. The van der Waals surface area contributed by atoms with E-state index in [0.29, 0.717) is 0 Å². The van der Waals surface area contributed by atoms with Crippen LogP contribution >= 0.6 is 0 Å². The van der Waals surface area contributed by atoms with Gasteiger partial charge in [-0.25, -0.2) is 0 Å². The van der Waals surface area contributed by atoms with Crippen molar-refractivity contribution in [2.24, 2.45) is 0 Å². The topological polar surface area (TPSA) is 23.5 Å². The second kappa shape index (κ2) is 5.18. The minimum Gasteiger partial charge on any atom is -0.385 e. The molecule has 1 unspecified atom stereocenters. The van der Waals surface area contributed by atoms with Crippen molar-refractivity contribution in [2.75, 3.05) is 13.6 Å². The minimum absolute atomic E-state index is 0.124. The zero-order valence-electron chi connectivity index (χ0n) is 10.6. The minimum atomic E-state index is -6.97. The number of aliphatic hydroxyl groups excluding tert-OH is 1. The first-order chi connectivity index (χ1) is 9.18. The van der Waals surface area contributed by atoms with Gasteiger partial charge in [-0.15, -0.1) is 0 Å². The van der Waals surface area contributed by atoms with Gasteiger partial charge in [0.05, 0.1) is 0 Å². The van der Waals surface area contributed by atoms with Gasteiger partial charge in [0.1, 0.15) is 6.10 Å². The summed E-state index contributed by atoms with van der Waals surface area (Å²) < 4.78 is 114. The number of likely N-dealkylation sites (N-methyl/N-ethyl adjacent to an activating group) is 1. The van der Waals surface area contributed by atoms with E-state index in [0.717, 1.165) is 11.9 Å². The van der Waals surface area contributed by atoms with Crippen molar-refractivity contribution in [1.29, 1.82) is 0 Å². The van der Waals surface area contributed by atoms with Gasteiger partial charge in [-0.2, -0.15) is 39.5 Å². The van der Waals surface area contributed by atoms with E-state index in [2.05, 4.69) is 0 Å². The number of hydrogen-bond donors (Lipinski definition) is 1. The molecule has 1 heterocycles. The maximum Gasteiger partial charge on any atom is 0.460 e. The molecule has 1 fully saturated rings. The Kier molecular flexibility index (Phi) is 4.53. The first kappa shape index (κ1) is 18.3. The van der Waals surface area contributed by atoms with E-state index in [1.807, 2.05) is 0 Å². The second-order valence-corrected chi connectivity index (χ2v) is 4.90. The van der Waals surface area contributed by atoms with E-state index in [-0.39, 0.29) is 19.4 Å². The molecule has 2 atom stereocenters. The summed E-state index contributed by atoms with van der Waals surface area (Å²) in [6, 6.07) is -1.63. The fourth-order valence-electron chi connectivity index (χ4n) is 2.15. The molecule has 0 aliphatic carbocycles. The Morgan fingerprint density at radius 1 is 0.952 bits per heavy atom. The summed E-state index contributed by atoms with van der Waals surface area (Å²) in [5, 5.41) is 9.24. The third kappa shape index (κ3) is 2.69. The molecule has 11 heteroatoms. The predicted octanol–water partition coefficient (Wildman–Crippen LogP) is 2.91. The van der Waals surface area contributed by atoms with Crippen molar-refractivity contribution in [1.82, 2.24) is 4.90 Å². The number of rotatable bonds is 4. The first-order valence-corrected chi connectivity index (χ1v) is 5.76. The van der Waals surface area contributed by atoms with E-state index < -0.39 is 36.1 Å². The van der Waals surface area contributed by atoms with Gasteiger partial charge in [-0.3, -0.25) is 0 Å². The van der Waals surface area contributed by atoms with Crippen molar-refractivity contribution < 1.29 is 44.6 Å². The summed E-state index contributed by atoms with van der Waals surface area (Å²) in [6.07, 6.45) is -10.2. The zero-order chi connectivity index (χ0) is 16.9.